The van der Waals surface area contributed by atoms with Crippen molar-refractivity contribution in [3.8, 4) is 0 Å². The molecule has 2 aliphatic rings. The molecule has 2 atom stereocenters. The average molecular weight is 306 g/mol. The molecule has 2 aromatic rings. The summed E-state index contributed by atoms with van der Waals surface area (Å²) >= 11 is 0. The van der Waals surface area contributed by atoms with Crippen molar-refractivity contribution in [2.24, 2.45) is 16.7 Å². The predicted octanol–water partition coefficient (Wildman–Crippen LogP) is 4.23. The van der Waals surface area contributed by atoms with Gasteiger partial charge in [-0.1, -0.05) is 39.0 Å². The lowest BCUT2D eigenvalue weighted by atomic mass is 9.70. The third-order valence-electron chi connectivity index (χ3n) is 6.52. The van der Waals surface area contributed by atoms with Crippen molar-refractivity contribution in [2.75, 3.05) is 5.73 Å². The van der Waals surface area contributed by atoms with E-state index in [1.807, 2.05) is 30.3 Å². The first-order valence-corrected chi connectivity index (χ1v) is 8.26. The minimum Gasteiger partial charge on any atom is -0.396 e. The minimum atomic E-state index is -0.229. The van der Waals surface area contributed by atoms with E-state index in [4.69, 9.17) is 5.73 Å². The molecular weight excluding hydrogens is 284 g/mol. The van der Waals surface area contributed by atoms with Crippen LogP contribution >= 0.6 is 0 Å². The number of rotatable bonds is 1. The van der Waals surface area contributed by atoms with Crippen LogP contribution in [0.15, 0.2) is 36.0 Å². The molecule has 2 N–H and O–H groups in total. The second-order valence-corrected chi connectivity index (χ2v) is 7.72. The number of anilines is 1. The number of nitrogen functional groups attached to an aromatic ring is 1. The van der Waals surface area contributed by atoms with E-state index in [9.17, 15) is 4.79 Å². The Kier molecular flexibility index (Phi) is 2.78. The second kappa shape index (κ2) is 4.44. The van der Waals surface area contributed by atoms with E-state index >= 15 is 0 Å². The zero-order valence-electron chi connectivity index (χ0n) is 13.9. The van der Waals surface area contributed by atoms with Crippen LogP contribution < -0.4 is 5.73 Å². The van der Waals surface area contributed by atoms with E-state index in [0.29, 0.717) is 17.4 Å². The highest BCUT2D eigenvalue weighted by Gasteiger charge is 2.63. The van der Waals surface area contributed by atoms with Gasteiger partial charge in [0.2, 0.25) is 0 Å². The van der Waals surface area contributed by atoms with Crippen molar-refractivity contribution in [1.82, 2.24) is 4.98 Å². The number of aromatic nitrogens is 1. The van der Waals surface area contributed by atoms with Crippen LogP contribution in [0.1, 0.15) is 39.2 Å². The number of hydrogen-bond acceptors (Lipinski definition) is 3. The van der Waals surface area contributed by atoms with Gasteiger partial charge in [0.15, 0.2) is 5.78 Å². The molecule has 118 valence electrons. The van der Waals surface area contributed by atoms with E-state index < -0.39 is 0 Å². The van der Waals surface area contributed by atoms with E-state index in [2.05, 4.69) is 25.8 Å². The minimum absolute atomic E-state index is 0.0276. The number of nitrogens with zero attached hydrogens (tertiary/aromatic N) is 1. The monoisotopic (exact) mass is 306 g/mol. The smallest absolute Gasteiger partial charge is 0.165 e. The summed E-state index contributed by atoms with van der Waals surface area (Å²) in [6, 6.07) is 7.93. The Morgan fingerprint density at radius 1 is 1.26 bits per heavy atom. The fraction of sp³-hybridized carbons (Fsp3) is 0.400. The molecule has 2 fully saturated rings. The summed E-state index contributed by atoms with van der Waals surface area (Å²) in [6.45, 7) is 6.59. The molecule has 2 saturated carbocycles. The Morgan fingerprint density at radius 2 is 2.04 bits per heavy atom. The molecule has 0 unspecified atom stereocenters. The Morgan fingerprint density at radius 3 is 2.74 bits per heavy atom. The molecule has 2 bridgehead atoms. The maximum atomic E-state index is 13.0. The van der Waals surface area contributed by atoms with E-state index in [1.54, 1.807) is 6.20 Å². The van der Waals surface area contributed by atoms with Gasteiger partial charge in [0.05, 0.1) is 11.2 Å². The number of carbonyl (C=O) groups is 1. The van der Waals surface area contributed by atoms with E-state index in [0.717, 1.165) is 34.9 Å². The van der Waals surface area contributed by atoms with Gasteiger partial charge >= 0.3 is 0 Å². The zero-order chi connectivity index (χ0) is 16.4. The topological polar surface area (TPSA) is 56.0 Å². The van der Waals surface area contributed by atoms with Crippen LogP contribution in [0.3, 0.4) is 0 Å². The molecule has 23 heavy (non-hydrogen) atoms. The first kappa shape index (κ1) is 14.4. The average Bonchev–Trinajstić information content (AvgIpc) is 2.84. The van der Waals surface area contributed by atoms with Crippen LogP contribution in [-0.2, 0) is 4.79 Å². The van der Waals surface area contributed by atoms with Crippen LogP contribution in [0.5, 0.6) is 0 Å². The van der Waals surface area contributed by atoms with Gasteiger partial charge in [-0.3, -0.25) is 9.78 Å². The number of nitrogens with two attached hydrogens (primary N) is 1. The molecular formula is C20H22N2O. The molecule has 1 heterocycles. The van der Waals surface area contributed by atoms with Crippen molar-refractivity contribution in [2.45, 2.75) is 33.6 Å². The van der Waals surface area contributed by atoms with Gasteiger partial charge in [-0.15, -0.1) is 0 Å². The number of hydrogen-bond donors (Lipinski definition) is 1. The summed E-state index contributed by atoms with van der Waals surface area (Å²) in [5.41, 5.74) is 9.45. The normalized spacial score (nSPS) is 30.5. The first-order valence-electron chi connectivity index (χ1n) is 8.26. The van der Waals surface area contributed by atoms with Crippen LogP contribution in [0, 0.1) is 16.7 Å². The summed E-state index contributed by atoms with van der Waals surface area (Å²) in [5.74, 6) is 0.637. The second-order valence-electron chi connectivity index (χ2n) is 7.72. The third kappa shape index (κ3) is 1.71. The van der Waals surface area contributed by atoms with Crippen molar-refractivity contribution in [1.29, 1.82) is 0 Å². The Bertz CT molecular complexity index is 865. The van der Waals surface area contributed by atoms with Crippen LogP contribution in [0.25, 0.3) is 17.0 Å². The van der Waals surface area contributed by atoms with Crippen molar-refractivity contribution in [3.05, 3.63) is 41.6 Å². The number of allylic oxidation sites excluding steroid dienone is 1. The molecule has 3 nitrogen and oxygen atoms in total. The summed E-state index contributed by atoms with van der Waals surface area (Å²) in [5, 5.41) is 1.03. The maximum absolute atomic E-state index is 13.0. The van der Waals surface area contributed by atoms with Gasteiger partial charge in [-0.25, -0.2) is 0 Å². The van der Waals surface area contributed by atoms with Crippen molar-refractivity contribution in [3.63, 3.8) is 0 Å². The molecule has 0 saturated heterocycles. The van der Waals surface area contributed by atoms with Crippen LogP contribution in [0.2, 0.25) is 0 Å². The van der Waals surface area contributed by atoms with Gasteiger partial charge in [0.25, 0.3) is 0 Å². The van der Waals surface area contributed by atoms with E-state index in [1.165, 1.54) is 0 Å². The molecule has 1 aromatic carbocycles. The van der Waals surface area contributed by atoms with E-state index in [-0.39, 0.29) is 10.8 Å². The molecule has 0 radical (unpaired) electrons. The van der Waals surface area contributed by atoms with Gasteiger partial charge in [-0.05, 0) is 36.3 Å². The number of carbonyl (C=O) groups excluding carboxylic acids is 1. The lowest BCUT2D eigenvalue weighted by Crippen LogP contribution is -2.32. The van der Waals surface area contributed by atoms with Crippen LogP contribution in [0.4, 0.5) is 5.69 Å². The number of pyridine rings is 1. The lowest BCUT2D eigenvalue weighted by Gasteiger charge is -2.31. The summed E-state index contributed by atoms with van der Waals surface area (Å²) < 4.78 is 0. The molecule has 4 rings (SSSR count). The van der Waals surface area contributed by atoms with Gasteiger partial charge in [-0.2, -0.15) is 0 Å². The quantitative estimate of drug-likeness (QED) is 0.634. The SMILES string of the molecule is CC1(C)[C@H]2CC[C@@]1(C)C(=O)/C2=C/c1ccc2cccnc2c1N. The first-order chi connectivity index (χ1) is 10.9. The van der Waals surface area contributed by atoms with Crippen molar-refractivity contribution < 1.29 is 4.79 Å². The summed E-state index contributed by atoms with van der Waals surface area (Å²) in [4.78, 5) is 17.3. The molecule has 3 heteroatoms. The number of fused-ring (bicyclic) bond motifs is 3. The molecule has 2 aliphatic carbocycles. The van der Waals surface area contributed by atoms with Gasteiger partial charge < -0.3 is 5.73 Å². The number of ketones is 1. The predicted molar refractivity (Wildman–Crippen MR) is 93.8 cm³/mol. The standard InChI is InChI=1S/C20H22N2O/c1-19(2)15-8-9-20(19,3)18(23)14(15)11-13-7-6-12-5-4-10-22-17(12)16(13)21/h4-7,10-11,15H,8-9,21H2,1-3H3/b14-11+/t15-,20-/m0/s1. The Labute approximate surface area is 136 Å². The summed E-state index contributed by atoms with van der Waals surface area (Å²) in [7, 11) is 0. The van der Waals surface area contributed by atoms with Crippen molar-refractivity contribution >= 4 is 28.4 Å². The Balaban J connectivity index is 1.86. The third-order valence-corrected chi connectivity index (χ3v) is 6.52. The fourth-order valence-electron chi connectivity index (χ4n) is 4.57. The lowest BCUT2D eigenvalue weighted by molar-refractivity contribution is -0.125. The number of Topliss-reactive ketones (excluding diaryl/α,β-unsaturated/α-hetero) is 1. The highest BCUT2D eigenvalue weighted by atomic mass is 16.1. The largest absolute Gasteiger partial charge is 0.396 e. The van der Waals surface area contributed by atoms with Gasteiger partial charge in [0.1, 0.15) is 0 Å². The molecule has 1 aromatic heterocycles. The summed E-state index contributed by atoms with van der Waals surface area (Å²) in [6.07, 6.45) is 5.85. The highest BCUT2D eigenvalue weighted by molar-refractivity contribution is 6.09. The maximum Gasteiger partial charge on any atom is 0.165 e. The Hall–Kier alpha value is -2.16. The number of benzene rings is 1. The highest BCUT2D eigenvalue weighted by Crippen LogP contribution is 2.65. The molecule has 0 aliphatic heterocycles. The fourth-order valence-corrected chi connectivity index (χ4v) is 4.57. The van der Waals surface area contributed by atoms with Crippen LogP contribution in [-0.4, -0.2) is 10.8 Å². The molecule has 0 amide bonds. The molecule has 0 spiro atoms. The van der Waals surface area contributed by atoms with Gasteiger partial charge in [0, 0.05) is 28.1 Å². The zero-order valence-corrected chi connectivity index (χ0v) is 13.9.